The number of rotatable bonds is 12. The first-order valence-electron chi connectivity index (χ1n) is 12.5. The maximum absolute atomic E-state index is 15.0. The number of halogens is 6. The van der Waals surface area contributed by atoms with Crippen molar-refractivity contribution in [3.63, 3.8) is 0 Å². The molecule has 0 fully saturated rings. The molecule has 0 aliphatic heterocycles. The highest BCUT2D eigenvalue weighted by Gasteiger charge is 2.46. The van der Waals surface area contributed by atoms with Gasteiger partial charge in [0, 0.05) is 36.2 Å². The number of ether oxygens (including phenoxy) is 1. The standard InChI is InChI=1S/C27H32F6N2O4Si/c1-17(2)39-40(4,5)16-26(37,22-11-6-19(28)14-23(22)29)18(3)34-12-13-35(25(34)36)20-7-9-21(10-8-20)38-15-27(32,33)24(30)31/h6-14,17-18,24,37H,15-16H2,1-5H3/t18-,26+/m1/s1. The second-order valence-corrected chi connectivity index (χ2v) is 14.6. The van der Waals surface area contributed by atoms with E-state index in [9.17, 15) is 31.9 Å². The van der Waals surface area contributed by atoms with Crippen LogP contribution in [0, 0.1) is 11.6 Å². The van der Waals surface area contributed by atoms with Gasteiger partial charge in [-0.15, -0.1) is 0 Å². The molecule has 3 rings (SSSR count). The Morgan fingerprint density at radius 1 is 1.00 bits per heavy atom. The van der Waals surface area contributed by atoms with E-state index in [-0.39, 0.29) is 23.5 Å². The Kier molecular flexibility index (Phi) is 9.32. The molecule has 0 unspecified atom stereocenters. The summed E-state index contributed by atoms with van der Waals surface area (Å²) in [5, 5.41) is 12.0. The lowest BCUT2D eigenvalue weighted by molar-refractivity contribution is -0.148. The van der Waals surface area contributed by atoms with Gasteiger partial charge < -0.3 is 14.3 Å². The quantitative estimate of drug-likeness (QED) is 0.199. The average Bonchev–Trinajstić information content (AvgIpc) is 3.22. The highest BCUT2D eigenvalue weighted by molar-refractivity contribution is 6.71. The minimum Gasteiger partial charge on any atom is -0.487 e. The van der Waals surface area contributed by atoms with Crippen LogP contribution in [-0.2, 0) is 10.0 Å². The van der Waals surface area contributed by atoms with Gasteiger partial charge in [0.2, 0.25) is 0 Å². The first-order valence-corrected chi connectivity index (χ1v) is 15.6. The average molecular weight is 591 g/mol. The predicted octanol–water partition coefficient (Wildman–Crippen LogP) is 6.28. The molecule has 0 saturated carbocycles. The minimum atomic E-state index is -4.32. The summed E-state index contributed by atoms with van der Waals surface area (Å²) in [6.07, 6.45) is -1.25. The second-order valence-electron chi connectivity index (χ2n) is 10.5. The Bertz CT molecular complexity index is 1360. The van der Waals surface area contributed by atoms with Crippen molar-refractivity contribution in [1.82, 2.24) is 9.13 Å². The van der Waals surface area contributed by atoms with Crippen LogP contribution < -0.4 is 10.4 Å². The lowest BCUT2D eigenvalue weighted by Crippen LogP contribution is -2.47. The van der Waals surface area contributed by atoms with Gasteiger partial charge >= 0.3 is 18.0 Å². The van der Waals surface area contributed by atoms with Crippen LogP contribution in [0.5, 0.6) is 5.75 Å². The molecule has 0 bridgehead atoms. The van der Waals surface area contributed by atoms with Crippen molar-refractivity contribution in [3.05, 3.63) is 82.5 Å². The van der Waals surface area contributed by atoms with Crippen LogP contribution in [0.15, 0.2) is 59.7 Å². The van der Waals surface area contributed by atoms with Gasteiger partial charge in [-0.05, 0) is 64.2 Å². The van der Waals surface area contributed by atoms with Gasteiger partial charge in [0.1, 0.15) is 23.0 Å². The van der Waals surface area contributed by atoms with E-state index in [2.05, 4.69) is 0 Å². The molecule has 13 heteroatoms. The Balaban J connectivity index is 1.96. The summed E-state index contributed by atoms with van der Waals surface area (Å²) in [4.78, 5) is 13.4. The van der Waals surface area contributed by atoms with Crippen molar-refractivity contribution in [2.75, 3.05) is 6.61 Å². The molecule has 0 radical (unpaired) electrons. The van der Waals surface area contributed by atoms with Gasteiger partial charge in [-0.3, -0.25) is 9.13 Å². The fourth-order valence-corrected chi connectivity index (χ4v) is 7.84. The van der Waals surface area contributed by atoms with E-state index in [0.29, 0.717) is 11.8 Å². The van der Waals surface area contributed by atoms with Crippen molar-refractivity contribution in [2.24, 2.45) is 0 Å². The van der Waals surface area contributed by atoms with E-state index < -0.39 is 56.2 Å². The molecule has 0 amide bonds. The summed E-state index contributed by atoms with van der Waals surface area (Å²) in [5.74, 6) is -6.21. The fourth-order valence-electron chi connectivity index (χ4n) is 4.69. The summed E-state index contributed by atoms with van der Waals surface area (Å²) in [6, 6.07) is 7.01. The fraction of sp³-hybridized carbons (Fsp3) is 0.444. The van der Waals surface area contributed by atoms with Crippen molar-refractivity contribution < 1.29 is 40.6 Å². The first-order chi connectivity index (χ1) is 18.5. The molecule has 1 aromatic heterocycles. The maximum atomic E-state index is 15.0. The molecule has 3 aromatic rings. The van der Waals surface area contributed by atoms with Crippen LogP contribution >= 0.6 is 0 Å². The zero-order valence-electron chi connectivity index (χ0n) is 22.7. The zero-order chi connectivity index (χ0) is 30.0. The Hall–Kier alpha value is -3.03. The van der Waals surface area contributed by atoms with Crippen molar-refractivity contribution in [3.8, 4) is 11.4 Å². The van der Waals surface area contributed by atoms with Gasteiger partial charge in [0.05, 0.1) is 11.7 Å². The van der Waals surface area contributed by atoms with Gasteiger partial charge in [0.25, 0.3) is 0 Å². The molecule has 1 N–H and O–H groups in total. The Morgan fingerprint density at radius 2 is 1.62 bits per heavy atom. The molecule has 6 nitrogen and oxygen atoms in total. The molecule has 40 heavy (non-hydrogen) atoms. The lowest BCUT2D eigenvalue weighted by Gasteiger charge is -2.40. The van der Waals surface area contributed by atoms with Crippen LogP contribution in [0.3, 0.4) is 0 Å². The van der Waals surface area contributed by atoms with Gasteiger partial charge in [-0.2, -0.15) is 8.78 Å². The highest BCUT2D eigenvalue weighted by atomic mass is 28.4. The number of imidazole rings is 1. The van der Waals surface area contributed by atoms with E-state index in [1.165, 1.54) is 52.7 Å². The molecule has 1 heterocycles. The number of hydrogen-bond donors (Lipinski definition) is 1. The number of benzene rings is 2. The summed E-state index contributed by atoms with van der Waals surface area (Å²) >= 11 is 0. The predicted molar refractivity (Wildman–Crippen MR) is 140 cm³/mol. The summed E-state index contributed by atoms with van der Waals surface area (Å²) in [6.45, 7) is 7.38. The molecular weight excluding hydrogens is 558 g/mol. The smallest absolute Gasteiger partial charge is 0.340 e. The molecule has 0 spiro atoms. The van der Waals surface area contributed by atoms with Crippen molar-refractivity contribution in [2.45, 2.75) is 70.0 Å². The van der Waals surface area contributed by atoms with Crippen molar-refractivity contribution in [1.29, 1.82) is 0 Å². The van der Waals surface area contributed by atoms with Crippen LogP contribution in [0.4, 0.5) is 26.3 Å². The third kappa shape index (κ3) is 6.99. The van der Waals surface area contributed by atoms with E-state index in [1.54, 1.807) is 0 Å². The van der Waals surface area contributed by atoms with Gasteiger partial charge in [-0.25, -0.2) is 22.4 Å². The largest absolute Gasteiger partial charge is 0.487 e. The van der Waals surface area contributed by atoms with E-state index in [1.807, 2.05) is 26.9 Å². The molecule has 0 aliphatic rings. The molecule has 0 saturated heterocycles. The lowest BCUT2D eigenvalue weighted by atomic mass is 9.88. The van der Waals surface area contributed by atoms with E-state index in [0.717, 1.165) is 12.1 Å². The minimum absolute atomic E-state index is 0.0190. The SMILES string of the molecule is CC(C)O[Si](C)(C)C[C@@](O)(c1ccc(F)cc1F)[C@@H](C)n1ccn(-c2ccc(OCC(F)(F)C(F)F)cc2)c1=O. The van der Waals surface area contributed by atoms with Crippen molar-refractivity contribution >= 4 is 8.32 Å². The second kappa shape index (κ2) is 11.8. The highest BCUT2D eigenvalue weighted by Crippen LogP contribution is 2.42. The van der Waals surface area contributed by atoms with E-state index >= 15 is 4.39 Å². The molecule has 2 atom stereocenters. The molecular formula is C27H32F6N2O4Si. The third-order valence-electron chi connectivity index (χ3n) is 6.42. The first kappa shape index (κ1) is 31.5. The van der Waals surface area contributed by atoms with Gasteiger partial charge in [-0.1, -0.05) is 6.07 Å². The van der Waals surface area contributed by atoms with Crippen LogP contribution in [0.2, 0.25) is 19.1 Å². The third-order valence-corrected chi connectivity index (χ3v) is 8.92. The van der Waals surface area contributed by atoms with E-state index in [4.69, 9.17) is 9.16 Å². The molecule has 220 valence electrons. The Labute approximate surface area is 228 Å². The van der Waals surface area contributed by atoms with Gasteiger partial charge in [0.15, 0.2) is 14.9 Å². The monoisotopic (exact) mass is 590 g/mol. The summed E-state index contributed by atoms with van der Waals surface area (Å²) in [7, 11) is -2.67. The maximum Gasteiger partial charge on any atom is 0.340 e. The number of hydrogen-bond acceptors (Lipinski definition) is 4. The van der Waals surface area contributed by atoms with Crippen LogP contribution in [-0.4, -0.2) is 47.6 Å². The number of alkyl halides is 4. The number of aliphatic hydroxyl groups is 1. The van der Waals surface area contributed by atoms with Crippen LogP contribution in [0.25, 0.3) is 5.69 Å². The Morgan fingerprint density at radius 3 is 2.17 bits per heavy atom. The summed E-state index contributed by atoms with van der Waals surface area (Å²) in [5.41, 5.74) is -2.48. The molecule has 0 aliphatic carbocycles. The normalized spacial score (nSPS) is 14.9. The van der Waals surface area contributed by atoms with Crippen LogP contribution in [0.1, 0.15) is 32.4 Å². The zero-order valence-corrected chi connectivity index (χ0v) is 23.7. The number of aromatic nitrogens is 2. The topological polar surface area (TPSA) is 65.6 Å². The molecule has 2 aromatic carbocycles. The summed E-state index contributed by atoms with van der Waals surface area (Å²) < 4.78 is 93.0. The number of nitrogens with zero attached hydrogens (tertiary/aromatic N) is 2.